The Bertz CT molecular complexity index is 1060. The van der Waals surface area contributed by atoms with Gasteiger partial charge in [0.25, 0.3) is 5.91 Å². The summed E-state index contributed by atoms with van der Waals surface area (Å²) in [5.74, 6) is -0.353. The third-order valence-corrected chi connectivity index (χ3v) is 5.04. The number of benzene rings is 2. The number of nitrogens with one attached hydrogen (secondary N) is 1. The first-order chi connectivity index (χ1) is 13.4. The van der Waals surface area contributed by atoms with E-state index >= 15 is 0 Å². The SMILES string of the molecule is CCc1c(C(=O)Nc2ccccc2C)c(=O)cc(C)n1Cc1ccc(C)cc1. The lowest BCUT2D eigenvalue weighted by Gasteiger charge is -2.20. The molecule has 1 heterocycles. The molecule has 0 fully saturated rings. The van der Waals surface area contributed by atoms with E-state index in [1.807, 2.05) is 45.0 Å². The second kappa shape index (κ2) is 8.26. The van der Waals surface area contributed by atoms with Gasteiger partial charge in [0.15, 0.2) is 5.43 Å². The zero-order valence-electron chi connectivity index (χ0n) is 16.9. The van der Waals surface area contributed by atoms with Crippen LogP contribution >= 0.6 is 0 Å². The van der Waals surface area contributed by atoms with Crippen molar-refractivity contribution in [2.45, 2.75) is 40.7 Å². The molecule has 0 saturated heterocycles. The second-order valence-electron chi connectivity index (χ2n) is 7.17. The predicted molar refractivity (Wildman–Crippen MR) is 114 cm³/mol. The topological polar surface area (TPSA) is 51.1 Å². The number of aromatic nitrogens is 1. The summed E-state index contributed by atoms with van der Waals surface area (Å²) >= 11 is 0. The number of amides is 1. The van der Waals surface area contributed by atoms with E-state index in [-0.39, 0.29) is 16.9 Å². The average molecular weight is 374 g/mol. The highest BCUT2D eigenvalue weighted by Gasteiger charge is 2.20. The maximum atomic E-state index is 13.0. The highest BCUT2D eigenvalue weighted by atomic mass is 16.2. The van der Waals surface area contributed by atoms with Crippen molar-refractivity contribution in [2.75, 3.05) is 5.32 Å². The van der Waals surface area contributed by atoms with Crippen LogP contribution in [0.5, 0.6) is 0 Å². The first-order valence-electron chi connectivity index (χ1n) is 9.56. The van der Waals surface area contributed by atoms with Gasteiger partial charge in [-0.1, -0.05) is 55.0 Å². The molecule has 0 bridgehead atoms. The van der Waals surface area contributed by atoms with Gasteiger partial charge < -0.3 is 9.88 Å². The Balaban J connectivity index is 2.03. The number of aryl methyl sites for hydroxylation is 3. The summed E-state index contributed by atoms with van der Waals surface area (Å²) in [4.78, 5) is 25.7. The largest absolute Gasteiger partial charge is 0.343 e. The first kappa shape index (κ1) is 19.6. The van der Waals surface area contributed by atoms with Crippen LogP contribution < -0.4 is 10.7 Å². The molecule has 144 valence electrons. The average Bonchev–Trinajstić information content (AvgIpc) is 2.66. The van der Waals surface area contributed by atoms with Crippen LogP contribution in [0.2, 0.25) is 0 Å². The molecule has 28 heavy (non-hydrogen) atoms. The van der Waals surface area contributed by atoms with Crippen LogP contribution in [0.25, 0.3) is 0 Å². The third kappa shape index (κ3) is 4.06. The number of carbonyl (C=O) groups is 1. The van der Waals surface area contributed by atoms with Gasteiger partial charge in [-0.3, -0.25) is 9.59 Å². The normalized spacial score (nSPS) is 10.7. The Morgan fingerprint density at radius 1 is 1.00 bits per heavy atom. The highest BCUT2D eigenvalue weighted by Crippen LogP contribution is 2.18. The van der Waals surface area contributed by atoms with Gasteiger partial charge in [-0.15, -0.1) is 0 Å². The van der Waals surface area contributed by atoms with E-state index in [1.165, 1.54) is 5.56 Å². The highest BCUT2D eigenvalue weighted by molar-refractivity contribution is 6.05. The summed E-state index contributed by atoms with van der Waals surface area (Å²) in [7, 11) is 0. The Morgan fingerprint density at radius 3 is 2.32 bits per heavy atom. The molecule has 0 aliphatic rings. The lowest BCUT2D eigenvalue weighted by molar-refractivity contribution is 0.102. The zero-order chi connectivity index (χ0) is 20.3. The van der Waals surface area contributed by atoms with Gasteiger partial charge in [0, 0.05) is 29.7 Å². The van der Waals surface area contributed by atoms with Crippen LogP contribution in [0.3, 0.4) is 0 Å². The van der Waals surface area contributed by atoms with Crippen LogP contribution in [0.15, 0.2) is 59.4 Å². The quantitative estimate of drug-likeness (QED) is 0.707. The van der Waals surface area contributed by atoms with Crippen LogP contribution in [-0.4, -0.2) is 10.5 Å². The Kier molecular flexibility index (Phi) is 5.78. The molecule has 4 nitrogen and oxygen atoms in total. The third-order valence-electron chi connectivity index (χ3n) is 5.04. The van der Waals surface area contributed by atoms with E-state index in [9.17, 15) is 9.59 Å². The second-order valence-corrected chi connectivity index (χ2v) is 7.17. The van der Waals surface area contributed by atoms with Crippen molar-refractivity contribution in [3.05, 3.63) is 98.5 Å². The summed E-state index contributed by atoms with van der Waals surface area (Å²) in [5.41, 5.74) is 5.63. The van der Waals surface area contributed by atoms with Crippen LogP contribution in [0.1, 0.15) is 45.4 Å². The number of rotatable bonds is 5. The lowest BCUT2D eigenvalue weighted by atomic mass is 10.1. The minimum absolute atomic E-state index is 0.225. The Morgan fingerprint density at radius 2 is 1.68 bits per heavy atom. The van der Waals surface area contributed by atoms with Crippen molar-refractivity contribution in [3.8, 4) is 0 Å². The number of carbonyl (C=O) groups excluding carboxylic acids is 1. The van der Waals surface area contributed by atoms with Crippen LogP contribution in [0.4, 0.5) is 5.69 Å². The van der Waals surface area contributed by atoms with E-state index in [0.717, 1.165) is 28.2 Å². The lowest BCUT2D eigenvalue weighted by Crippen LogP contribution is -2.28. The maximum absolute atomic E-state index is 13.0. The molecule has 3 aromatic rings. The number of hydrogen-bond donors (Lipinski definition) is 1. The van der Waals surface area contributed by atoms with Gasteiger partial charge in [-0.25, -0.2) is 0 Å². The summed E-state index contributed by atoms with van der Waals surface area (Å²) in [6.07, 6.45) is 0.597. The number of nitrogens with zero attached hydrogens (tertiary/aromatic N) is 1. The van der Waals surface area contributed by atoms with Crippen molar-refractivity contribution in [1.29, 1.82) is 0 Å². The van der Waals surface area contributed by atoms with Crippen molar-refractivity contribution in [1.82, 2.24) is 4.57 Å². The summed E-state index contributed by atoms with van der Waals surface area (Å²) in [6.45, 7) is 8.50. The molecule has 1 N–H and O–H groups in total. The molecule has 0 radical (unpaired) electrons. The van der Waals surface area contributed by atoms with Gasteiger partial charge in [0.05, 0.1) is 0 Å². The Hall–Kier alpha value is -3.14. The van der Waals surface area contributed by atoms with Crippen molar-refractivity contribution < 1.29 is 4.79 Å². The number of anilines is 1. The van der Waals surface area contributed by atoms with Crippen molar-refractivity contribution in [3.63, 3.8) is 0 Å². The van der Waals surface area contributed by atoms with Gasteiger partial charge >= 0.3 is 0 Å². The maximum Gasteiger partial charge on any atom is 0.261 e. The monoisotopic (exact) mass is 374 g/mol. The van der Waals surface area contributed by atoms with E-state index < -0.39 is 0 Å². The van der Waals surface area contributed by atoms with Crippen LogP contribution in [-0.2, 0) is 13.0 Å². The molecule has 1 aromatic heterocycles. The molecule has 1 amide bonds. The molecule has 0 atom stereocenters. The summed E-state index contributed by atoms with van der Waals surface area (Å²) in [6, 6.07) is 17.4. The number of hydrogen-bond acceptors (Lipinski definition) is 2. The zero-order valence-corrected chi connectivity index (χ0v) is 16.9. The summed E-state index contributed by atoms with van der Waals surface area (Å²) < 4.78 is 2.07. The molecule has 4 heteroatoms. The number of pyridine rings is 1. The Labute approximate surface area is 165 Å². The minimum atomic E-state index is -0.353. The summed E-state index contributed by atoms with van der Waals surface area (Å²) in [5, 5.41) is 2.91. The van der Waals surface area contributed by atoms with E-state index in [1.54, 1.807) is 6.07 Å². The number of para-hydroxylation sites is 1. The molecule has 0 aliphatic heterocycles. The minimum Gasteiger partial charge on any atom is -0.343 e. The first-order valence-corrected chi connectivity index (χ1v) is 9.56. The fourth-order valence-corrected chi connectivity index (χ4v) is 3.43. The van der Waals surface area contributed by atoms with Gasteiger partial charge in [-0.2, -0.15) is 0 Å². The van der Waals surface area contributed by atoms with Crippen molar-refractivity contribution in [2.24, 2.45) is 0 Å². The molecular formula is C24H26N2O2. The molecule has 3 rings (SSSR count). The fraction of sp³-hybridized carbons (Fsp3) is 0.250. The molecule has 2 aromatic carbocycles. The van der Waals surface area contributed by atoms with Gasteiger partial charge in [-0.05, 0) is 44.4 Å². The predicted octanol–water partition coefficient (Wildman–Crippen LogP) is 4.64. The fourth-order valence-electron chi connectivity index (χ4n) is 3.43. The van der Waals surface area contributed by atoms with E-state index in [2.05, 4.69) is 41.1 Å². The molecule has 0 saturated carbocycles. The van der Waals surface area contributed by atoms with Gasteiger partial charge in [0.1, 0.15) is 5.56 Å². The van der Waals surface area contributed by atoms with Gasteiger partial charge in [0.2, 0.25) is 0 Å². The van der Waals surface area contributed by atoms with E-state index in [0.29, 0.717) is 13.0 Å². The molecule has 0 unspecified atom stereocenters. The van der Waals surface area contributed by atoms with E-state index in [4.69, 9.17) is 0 Å². The van der Waals surface area contributed by atoms with Crippen molar-refractivity contribution >= 4 is 11.6 Å². The smallest absolute Gasteiger partial charge is 0.261 e. The molecule has 0 spiro atoms. The molecule has 0 aliphatic carbocycles. The van der Waals surface area contributed by atoms with Crippen LogP contribution in [0, 0.1) is 20.8 Å². The molecular weight excluding hydrogens is 348 g/mol. The standard InChI is InChI=1S/C24H26N2O2/c1-5-21-23(24(28)25-20-9-7-6-8-17(20)3)22(27)14-18(4)26(21)15-19-12-10-16(2)11-13-19/h6-14H,5,15H2,1-4H3,(H,25,28).